The topological polar surface area (TPSA) is 91.6 Å². The van der Waals surface area contributed by atoms with Crippen LogP contribution in [0.2, 0.25) is 0 Å². The Morgan fingerprint density at radius 3 is 2.69 bits per heavy atom. The minimum absolute atomic E-state index is 0.0437. The Morgan fingerprint density at radius 1 is 1.27 bits per heavy atom. The number of carboxylic acid groups (broad SMARTS) is 1. The van der Waals surface area contributed by atoms with Crippen molar-refractivity contribution in [2.75, 3.05) is 26.2 Å². The van der Waals surface area contributed by atoms with Gasteiger partial charge in [-0.3, -0.25) is 19.2 Å². The zero-order chi connectivity index (χ0) is 18.7. The summed E-state index contributed by atoms with van der Waals surface area (Å²) < 4.78 is 1.61. The summed E-state index contributed by atoms with van der Waals surface area (Å²) in [7, 11) is 1.79. The Hall–Kier alpha value is -2.74. The number of aliphatic carboxylic acids is 1. The van der Waals surface area contributed by atoms with Crippen molar-refractivity contribution in [3.05, 3.63) is 36.2 Å². The van der Waals surface area contributed by atoms with Crippen LogP contribution in [0.5, 0.6) is 0 Å². The Balaban J connectivity index is 1.74. The molecule has 0 radical (unpaired) electrons. The molecule has 2 heterocycles. The molecule has 8 heteroatoms. The number of aromatic nitrogens is 3. The van der Waals surface area contributed by atoms with Gasteiger partial charge in [-0.2, -0.15) is 5.10 Å². The third kappa shape index (κ3) is 3.91. The summed E-state index contributed by atoms with van der Waals surface area (Å²) in [4.78, 5) is 32.0. The van der Waals surface area contributed by atoms with Gasteiger partial charge >= 0.3 is 5.97 Å². The van der Waals surface area contributed by atoms with E-state index in [4.69, 9.17) is 5.11 Å². The largest absolute Gasteiger partial charge is 0.481 e. The number of hydrogen-bond donors (Lipinski definition) is 1. The lowest BCUT2D eigenvalue weighted by molar-refractivity contribution is -0.137. The lowest BCUT2D eigenvalue weighted by atomic mass is 10.0. The number of carboxylic acids is 1. The predicted octanol–water partition coefficient (Wildman–Crippen LogP) is 1.10. The normalized spacial score (nSPS) is 18.1. The zero-order valence-electron chi connectivity index (χ0n) is 15.0. The van der Waals surface area contributed by atoms with E-state index in [0.717, 1.165) is 5.56 Å². The molecule has 0 aliphatic carbocycles. The number of amides is 1. The summed E-state index contributed by atoms with van der Waals surface area (Å²) in [6.45, 7) is 4.35. The van der Waals surface area contributed by atoms with Gasteiger partial charge in [0.2, 0.25) is 0 Å². The van der Waals surface area contributed by atoms with Crippen molar-refractivity contribution in [3.63, 3.8) is 0 Å². The highest BCUT2D eigenvalue weighted by Crippen LogP contribution is 2.22. The van der Waals surface area contributed by atoms with Crippen LogP contribution in [0.3, 0.4) is 0 Å². The number of nitrogens with zero attached hydrogens (tertiary/aromatic N) is 5. The van der Waals surface area contributed by atoms with Crippen LogP contribution in [0.1, 0.15) is 23.7 Å². The maximum absolute atomic E-state index is 13.1. The molecule has 2 aromatic rings. The highest BCUT2D eigenvalue weighted by atomic mass is 16.4. The van der Waals surface area contributed by atoms with Crippen molar-refractivity contribution in [2.24, 2.45) is 7.05 Å². The molecule has 0 spiro atoms. The quantitative estimate of drug-likeness (QED) is 0.862. The van der Waals surface area contributed by atoms with E-state index in [-0.39, 0.29) is 18.4 Å². The van der Waals surface area contributed by atoms with Gasteiger partial charge in [-0.15, -0.1) is 0 Å². The highest BCUT2D eigenvalue weighted by molar-refractivity contribution is 6.00. The maximum Gasteiger partial charge on any atom is 0.304 e. The standard InChI is InChI=1S/C18H23N5O3/c1-13-11-23(10-9-22(13)8-7-16(24)25)18(26)15-6-4-3-5-14(15)17-19-12-21(2)20-17/h3-6,12-13H,7-11H2,1-2H3,(H,24,25). The van der Waals surface area contributed by atoms with Crippen molar-refractivity contribution >= 4 is 11.9 Å². The molecular weight excluding hydrogens is 334 g/mol. The Kier molecular flexibility index (Phi) is 5.32. The lowest BCUT2D eigenvalue weighted by Gasteiger charge is -2.39. The number of rotatable bonds is 5. The minimum atomic E-state index is -0.799. The second kappa shape index (κ2) is 7.65. The average Bonchev–Trinajstić information content (AvgIpc) is 3.06. The van der Waals surface area contributed by atoms with Crippen molar-refractivity contribution < 1.29 is 14.7 Å². The van der Waals surface area contributed by atoms with Crippen LogP contribution in [-0.2, 0) is 11.8 Å². The minimum Gasteiger partial charge on any atom is -0.481 e. The average molecular weight is 357 g/mol. The first kappa shape index (κ1) is 18.1. The number of hydrogen-bond acceptors (Lipinski definition) is 5. The van der Waals surface area contributed by atoms with Gasteiger partial charge in [0.05, 0.1) is 12.0 Å². The number of aryl methyl sites for hydroxylation is 1. The van der Waals surface area contributed by atoms with E-state index in [1.165, 1.54) is 0 Å². The van der Waals surface area contributed by atoms with Gasteiger partial charge in [0.25, 0.3) is 5.91 Å². The second-order valence-corrected chi connectivity index (χ2v) is 6.57. The third-order valence-electron chi connectivity index (χ3n) is 4.66. The molecule has 1 aromatic carbocycles. The second-order valence-electron chi connectivity index (χ2n) is 6.57. The van der Waals surface area contributed by atoms with Crippen molar-refractivity contribution in [3.8, 4) is 11.4 Å². The van der Waals surface area contributed by atoms with Gasteiger partial charge in [0.1, 0.15) is 6.33 Å². The molecule has 8 nitrogen and oxygen atoms in total. The van der Waals surface area contributed by atoms with Crippen molar-refractivity contribution in [1.29, 1.82) is 0 Å². The summed E-state index contributed by atoms with van der Waals surface area (Å²) >= 11 is 0. The molecule has 26 heavy (non-hydrogen) atoms. The van der Waals surface area contributed by atoms with E-state index in [0.29, 0.717) is 37.6 Å². The summed E-state index contributed by atoms with van der Waals surface area (Å²) in [5, 5.41) is 13.2. The fourth-order valence-corrected chi connectivity index (χ4v) is 3.25. The maximum atomic E-state index is 13.1. The van der Waals surface area contributed by atoms with E-state index < -0.39 is 5.97 Å². The van der Waals surface area contributed by atoms with Crippen LogP contribution in [0, 0.1) is 0 Å². The summed E-state index contributed by atoms with van der Waals surface area (Å²) in [5.41, 5.74) is 1.31. The van der Waals surface area contributed by atoms with Gasteiger partial charge in [-0.05, 0) is 13.0 Å². The van der Waals surface area contributed by atoms with Crippen molar-refractivity contribution in [2.45, 2.75) is 19.4 Å². The van der Waals surface area contributed by atoms with Gasteiger partial charge in [0, 0.05) is 44.8 Å². The fourth-order valence-electron chi connectivity index (χ4n) is 3.25. The van der Waals surface area contributed by atoms with Crippen LogP contribution in [0.4, 0.5) is 0 Å². The SMILES string of the molecule is CC1CN(C(=O)c2ccccc2-c2ncn(C)n2)CCN1CCC(=O)O. The number of benzene rings is 1. The summed E-state index contributed by atoms with van der Waals surface area (Å²) in [5.74, 6) is -0.310. The van der Waals surface area contributed by atoms with Gasteiger partial charge in [0.15, 0.2) is 5.82 Å². The van der Waals surface area contributed by atoms with Crippen molar-refractivity contribution in [1.82, 2.24) is 24.6 Å². The molecule has 1 aliphatic heterocycles. The molecule has 1 unspecified atom stereocenters. The van der Waals surface area contributed by atoms with Gasteiger partial charge in [-0.25, -0.2) is 4.98 Å². The first-order chi connectivity index (χ1) is 12.5. The smallest absolute Gasteiger partial charge is 0.304 e. The molecule has 1 aromatic heterocycles. The first-order valence-corrected chi connectivity index (χ1v) is 8.66. The Bertz CT molecular complexity index is 804. The van der Waals surface area contributed by atoms with Gasteiger partial charge < -0.3 is 10.0 Å². The summed E-state index contributed by atoms with van der Waals surface area (Å²) in [6.07, 6.45) is 1.73. The van der Waals surface area contributed by atoms with E-state index in [2.05, 4.69) is 15.0 Å². The molecule has 0 saturated carbocycles. The zero-order valence-corrected chi connectivity index (χ0v) is 15.0. The highest BCUT2D eigenvalue weighted by Gasteiger charge is 2.28. The monoisotopic (exact) mass is 357 g/mol. The third-order valence-corrected chi connectivity index (χ3v) is 4.66. The van der Waals surface area contributed by atoms with Crippen LogP contribution in [0.15, 0.2) is 30.6 Å². The van der Waals surface area contributed by atoms with Gasteiger partial charge in [-0.1, -0.05) is 18.2 Å². The lowest BCUT2D eigenvalue weighted by Crippen LogP contribution is -2.54. The van der Waals surface area contributed by atoms with E-state index >= 15 is 0 Å². The van der Waals surface area contributed by atoms with Crippen LogP contribution >= 0.6 is 0 Å². The summed E-state index contributed by atoms with van der Waals surface area (Å²) in [6, 6.07) is 7.48. The molecule has 1 atom stereocenters. The van der Waals surface area contributed by atoms with E-state index in [1.807, 2.05) is 30.0 Å². The fraction of sp³-hybridized carbons (Fsp3) is 0.444. The Morgan fingerprint density at radius 2 is 2.04 bits per heavy atom. The number of carbonyl (C=O) groups excluding carboxylic acids is 1. The molecule has 1 fully saturated rings. The molecule has 3 rings (SSSR count). The van der Waals surface area contributed by atoms with E-state index in [1.54, 1.807) is 24.1 Å². The number of carbonyl (C=O) groups is 2. The molecule has 1 amide bonds. The first-order valence-electron chi connectivity index (χ1n) is 8.66. The predicted molar refractivity (Wildman–Crippen MR) is 95.6 cm³/mol. The molecule has 1 aliphatic rings. The molecule has 1 saturated heterocycles. The molecule has 138 valence electrons. The molecule has 1 N–H and O–H groups in total. The van der Waals surface area contributed by atoms with Crippen LogP contribution in [-0.4, -0.2) is 73.8 Å². The molecular formula is C18H23N5O3. The number of piperazine rings is 1. The Labute approximate surface area is 152 Å². The molecule has 0 bridgehead atoms. The van der Waals surface area contributed by atoms with Crippen LogP contribution < -0.4 is 0 Å². The van der Waals surface area contributed by atoms with E-state index in [9.17, 15) is 9.59 Å². The van der Waals surface area contributed by atoms with Crippen LogP contribution in [0.25, 0.3) is 11.4 Å².